The molecule has 1 aromatic rings. The highest BCUT2D eigenvalue weighted by Gasteiger charge is 2.35. The molecule has 0 fully saturated rings. The minimum atomic E-state index is -0.519. The molecule has 2 unspecified atom stereocenters. The molecular formula is C13H16O4. The van der Waals surface area contributed by atoms with Gasteiger partial charge < -0.3 is 14.9 Å². The van der Waals surface area contributed by atoms with Crippen molar-refractivity contribution in [2.45, 2.75) is 39.7 Å². The number of phenolic OH excluding ortho intramolecular Hbond substituents is 2. The maximum absolute atomic E-state index is 11.8. The average molecular weight is 236 g/mol. The van der Waals surface area contributed by atoms with Gasteiger partial charge >= 0.3 is 5.97 Å². The lowest BCUT2D eigenvalue weighted by molar-refractivity contribution is 0.0235. The Hall–Kier alpha value is -1.71. The van der Waals surface area contributed by atoms with E-state index in [-0.39, 0.29) is 29.1 Å². The van der Waals surface area contributed by atoms with Gasteiger partial charge in [-0.2, -0.15) is 0 Å². The Morgan fingerprint density at radius 1 is 1.06 bits per heavy atom. The second-order valence-corrected chi connectivity index (χ2v) is 4.63. The smallest absolute Gasteiger partial charge is 0.342 e. The number of rotatable bonds is 0. The Morgan fingerprint density at radius 3 is 2.24 bits per heavy atom. The minimum Gasteiger partial charge on any atom is -0.507 e. The Bertz CT molecular complexity index is 505. The lowest BCUT2D eigenvalue weighted by Gasteiger charge is -2.31. The van der Waals surface area contributed by atoms with Crippen LogP contribution in [0.2, 0.25) is 0 Å². The van der Waals surface area contributed by atoms with E-state index in [1.54, 1.807) is 20.8 Å². The molecule has 0 radical (unpaired) electrons. The van der Waals surface area contributed by atoms with E-state index in [1.165, 1.54) is 0 Å². The summed E-state index contributed by atoms with van der Waals surface area (Å²) in [5.41, 5.74) is 1.85. The molecule has 0 saturated carbocycles. The first-order valence-corrected chi connectivity index (χ1v) is 5.62. The van der Waals surface area contributed by atoms with Gasteiger partial charge in [0.2, 0.25) is 0 Å². The van der Waals surface area contributed by atoms with Gasteiger partial charge in [-0.1, -0.05) is 6.92 Å². The minimum absolute atomic E-state index is 0.0416. The number of hydrogen-bond acceptors (Lipinski definition) is 4. The highest BCUT2D eigenvalue weighted by Crippen LogP contribution is 2.44. The summed E-state index contributed by atoms with van der Waals surface area (Å²) in [4.78, 5) is 11.8. The van der Waals surface area contributed by atoms with Gasteiger partial charge in [0.15, 0.2) is 0 Å². The van der Waals surface area contributed by atoms with Crippen LogP contribution in [-0.4, -0.2) is 22.3 Å². The third-order valence-electron chi connectivity index (χ3n) is 3.63. The maximum Gasteiger partial charge on any atom is 0.342 e. The van der Waals surface area contributed by atoms with Crippen LogP contribution in [0.1, 0.15) is 46.8 Å². The van der Waals surface area contributed by atoms with Gasteiger partial charge in [-0.3, -0.25) is 0 Å². The number of hydrogen-bond donors (Lipinski definition) is 2. The Balaban J connectivity index is 2.83. The SMILES string of the molecule is Cc1c(O)c(C)c2c(c1O)C(=O)OC(C)C2C. The average Bonchev–Trinajstić information content (AvgIpc) is 2.28. The zero-order valence-corrected chi connectivity index (χ0v) is 10.4. The van der Waals surface area contributed by atoms with E-state index in [2.05, 4.69) is 0 Å². The molecule has 1 heterocycles. The molecule has 1 aromatic carbocycles. The summed E-state index contributed by atoms with van der Waals surface area (Å²) >= 11 is 0. The molecule has 0 saturated heterocycles. The van der Waals surface area contributed by atoms with Gasteiger partial charge in [0.25, 0.3) is 0 Å². The molecule has 92 valence electrons. The van der Waals surface area contributed by atoms with Crippen molar-refractivity contribution in [1.29, 1.82) is 0 Å². The molecule has 2 atom stereocenters. The van der Waals surface area contributed by atoms with Crippen molar-refractivity contribution in [3.8, 4) is 11.5 Å². The maximum atomic E-state index is 11.8. The number of cyclic esters (lactones) is 1. The Kier molecular flexibility index (Phi) is 2.53. The van der Waals surface area contributed by atoms with Gasteiger partial charge in [0.05, 0.1) is 0 Å². The summed E-state index contributed by atoms with van der Waals surface area (Å²) < 4.78 is 5.18. The van der Waals surface area contributed by atoms with E-state index in [4.69, 9.17) is 4.74 Å². The molecule has 1 aliphatic heterocycles. The number of phenols is 2. The third kappa shape index (κ3) is 1.47. The molecule has 0 bridgehead atoms. The third-order valence-corrected chi connectivity index (χ3v) is 3.63. The summed E-state index contributed by atoms with van der Waals surface area (Å²) in [5.74, 6) is -0.684. The van der Waals surface area contributed by atoms with Crippen molar-refractivity contribution in [2.75, 3.05) is 0 Å². The molecule has 4 heteroatoms. The largest absolute Gasteiger partial charge is 0.507 e. The fourth-order valence-corrected chi connectivity index (χ4v) is 2.36. The van der Waals surface area contributed by atoms with Crippen LogP contribution in [0.5, 0.6) is 11.5 Å². The van der Waals surface area contributed by atoms with Gasteiger partial charge in [-0.05, 0) is 31.9 Å². The highest BCUT2D eigenvalue weighted by atomic mass is 16.5. The first-order valence-electron chi connectivity index (χ1n) is 5.62. The number of ether oxygens (including phenoxy) is 1. The van der Waals surface area contributed by atoms with Crippen LogP contribution in [0.15, 0.2) is 0 Å². The second kappa shape index (κ2) is 3.65. The number of aromatic hydroxyl groups is 2. The van der Waals surface area contributed by atoms with Crippen LogP contribution in [0.25, 0.3) is 0 Å². The molecule has 0 amide bonds. The van der Waals surface area contributed by atoms with E-state index < -0.39 is 5.97 Å². The van der Waals surface area contributed by atoms with Crippen LogP contribution < -0.4 is 0 Å². The lowest BCUT2D eigenvalue weighted by Crippen LogP contribution is -2.29. The number of carbonyl (C=O) groups excluding carboxylic acids is 1. The van der Waals surface area contributed by atoms with Crippen molar-refractivity contribution in [1.82, 2.24) is 0 Å². The molecule has 2 N–H and O–H groups in total. The van der Waals surface area contributed by atoms with Gasteiger partial charge in [0.1, 0.15) is 23.2 Å². The predicted octanol–water partition coefficient (Wildman–Crippen LogP) is 2.38. The van der Waals surface area contributed by atoms with Crippen LogP contribution in [0, 0.1) is 13.8 Å². The first kappa shape index (κ1) is 11.8. The first-order chi connectivity index (χ1) is 7.86. The monoisotopic (exact) mass is 236 g/mol. The topological polar surface area (TPSA) is 66.8 Å². The van der Waals surface area contributed by atoms with Crippen LogP contribution >= 0.6 is 0 Å². The summed E-state index contributed by atoms with van der Waals surface area (Å²) in [6.45, 7) is 7.05. The summed E-state index contributed by atoms with van der Waals surface area (Å²) in [6.07, 6.45) is -0.254. The van der Waals surface area contributed by atoms with E-state index in [0.29, 0.717) is 16.7 Å². The van der Waals surface area contributed by atoms with Gasteiger partial charge in [0, 0.05) is 11.5 Å². The lowest BCUT2D eigenvalue weighted by atomic mass is 9.84. The van der Waals surface area contributed by atoms with Crippen LogP contribution in [0.4, 0.5) is 0 Å². The molecule has 0 aliphatic carbocycles. The number of fused-ring (bicyclic) bond motifs is 1. The second-order valence-electron chi connectivity index (χ2n) is 4.63. The zero-order valence-electron chi connectivity index (χ0n) is 10.4. The normalized spacial score (nSPS) is 23.2. The predicted molar refractivity (Wildman–Crippen MR) is 62.5 cm³/mol. The molecular weight excluding hydrogens is 220 g/mol. The van der Waals surface area contributed by atoms with Crippen LogP contribution in [-0.2, 0) is 4.74 Å². The summed E-state index contributed by atoms with van der Waals surface area (Å²) in [6, 6.07) is 0. The number of carbonyl (C=O) groups is 1. The molecule has 17 heavy (non-hydrogen) atoms. The summed E-state index contributed by atoms with van der Waals surface area (Å²) in [7, 11) is 0. The van der Waals surface area contributed by atoms with Crippen molar-refractivity contribution in [3.05, 3.63) is 22.3 Å². The number of benzene rings is 1. The molecule has 1 aliphatic rings. The fourth-order valence-electron chi connectivity index (χ4n) is 2.36. The van der Waals surface area contributed by atoms with Gasteiger partial charge in [-0.15, -0.1) is 0 Å². The molecule has 2 rings (SSSR count). The van der Waals surface area contributed by atoms with Crippen LogP contribution in [0.3, 0.4) is 0 Å². The Morgan fingerprint density at radius 2 is 1.65 bits per heavy atom. The van der Waals surface area contributed by atoms with Crippen molar-refractivity contribution in [3.63, 3.8) is 0 Å². The van der Waals surface area contributed by atoms with E-state index >= 15 is 0 Å². The summed E-state index contributed by atoms with van der Waals surface area (Å²) in [5, 5.41) is 19.9. The van der Waals surface area contributed by atoms with E-state index in [0.717, 1.165) is 0 Å². The standard InChI is InChI=1S/C13H16O4/c1-5-8(4)17-13(16)10-9(5)6(2)11(14)7(3)12(10)15/h5,8,14-15H,1-4H3. The quantitative estimate of drug-likeness (QED) is 0.679. The number of esters is 1. The van der Waals surface area contributed by atoms with Crippen molar-refractivity contribution < 1.29 is 19.7 Å². The van der Waals surface area contributed by atoms with E-state index in [9.17, 15) is 15.0 Å². The Labute approximate surface area is 99.8 Å². The van der Waals surface area contributed by atoms with Crippen molar-refractivity contribution in [2.24, 2.45) is 0 Å². The van der Waals surface area contributed by atoms with Gasteiger partial charge in [-0.25, -0.2) is 4.79 Å². The zero-order chi connectivity index (χ0) is 12.9. The molecule has 0 aromatic heterocycles. The van der Waals surface area contributed by atoms with Crippen molar-refractivity contribution >= 4 is 5.97 Å². The highest BCUT2D eigenvalue weighted by molar-refractivity contribution is 5.97. The van der Waals surface area contributed by atoms with E-state index in [1.807, 2.05) is 6.92 Å². The molecule has 4 nitrogen and oxygen atoms in total. The molecule has 0 spiro atoms. The fraction of sp³-hybridized carbons (Fsp3) is 0.462.